The van der Waals surface area contributed by atoms with Crippen LogP contribution in [0.1, 0.15) is 20.8 Å². The molecule has 0 saturated heterocycles. The topological polar surface area (TPSA) is 71.8 Å². The molecule has 0 saturated carbocycles. The molecule has 0 spiro atoms. The lowest BCUT2D eigenvalue weighted by molar-refractivity contribution is -0.111. The largest absolute Gasteiger partial charge is 0.365 e. The second kappa shape index (κ2) is 6.39. The fourth-order valence-electron chi connectivity index (χ4n) is 2.47. The number of carbonyl (C=O) groups excluding carboxylic acids is 1. The highest BCUT2D eigenvalue weighted by molar-refractivity contribution is 6.00. The highest BCUT2D eigenvalue weighted by Crippen LogP contribution is 2.22. The van der Waals surface area contributed by atoms with Crippen LogP contribution in [-0.2, 0) is 4.79 Å². The Bertz CT molecular complexity index is 936. The second-order valence-corrected chi connectivity index (χ2v) is 6.77. The van der Waals surface area contributed by atoms with Crippen LogP contribution in [0.4, 0.5) is 11.5 Å². The second-order valence-electron chi connectivity index (χ2n) is 6.77. The first-order valence-electron chi connectivity index (χ1n) is 8.02. The van der Waals surface area contributed by atoms with Gasteiger partial charge in [-0.25, -0.2) is 9.97 Å². The number of pyridine rings is 1. The Morgan fingerprint density at radius 2 is 2.04 bits per heavy atom. The number of fused-ring (bicyclic) bond motifs is 1. The van der Waals surface area contributed by atoms with Gasteiger partial charge in [-0.3, -0.25) is 9.36 Å². The van der Waals surface area contributed by atoms with E-state index in [0.29, 0.717) is 5.69 Å². The number of aromatic nitrogens is 3. The first kappa shape index (κ1) is 16.7. The highest BCUT2D eigenvalue weighted by atomic mass is 16.1. The predicted molar refractivity (Wildman–Crippen MR) is 101 cm³/mol. The lowest BCUT2D eigenvalue weighted by Gasteiger charge is -2.21. The number of rotatable bonds is 4. The van der Waals surface area contributed by atoms with E-state index in [1.54, 1.807) is 6.33 Å². The zero-order valence-electron chi connectivity index (χ0n) is 14.6. The molecule has 0 aliphatic heterocycles. The van der Waals surface area contributed by atoms with Gasteiger partial charge in [-0.05, 0) is 57.2 Å². The Kier molecular flexibility index (Phi) is 4.27. The molecule has 0 fully saturated rings. The zero-order chi connectivity index (χ0) is 18.0. The molecule has 25 heavy (non-hydrogen) atoms. The molecule has 6 heteroatoms. The van der Waals surface area contributed by atoms with Gasteiger partial charge in [0.25, 0.3) is 0 Å². The summed E-state index contributed by atoms with van der Waals surface area (Å²) < 4.78 is 1.90. The summed E-state index contributed by atoms with van der Waals surface area (Å²) in [6.07, 6.45) is 2.97. The van der Waals surface area contributed by atoms with Gasteiger partial charge in [-0.1, -0.05) is 12.6 Å². The first-order chi connectivity index (χ1) is 11.9. The molecule has 0 unspecified atom stereocenters. The van der Waals surface area contributed by atoms with E-state index >= 15 is 0 Å². The van der Waals surface area contributed by atoms with Crippen molar-refractivity contribution < 1.29 is 4.79 Å². The Morgan fingerprint density at radius 3 is 2.76 bits per heavy atom. The minimum Gasteiger partial charge on any atom is -0.365 e. The van der Waals surface area contributed by atoms with E-state index in [4.69, 9.17) is 0 Å². The predicted octanol–water partition coefficient (Wildman–Crippen LogP) is 3.76. The van der Waals surface area contributed by atoms with Gasteiger partial charge in [0, 0.05) is 11.2 Å². The molecule has 0 radical (unpaired) electrons. The summed E-state index contributed by atoms with van der Waals surface area (Å²) in [6.45, 7) is 9.72. The van der Waals surface area contributed by atoms with Crippen LogP contribution in [0.25, 0.3) is 16.9 Å². The van der Waals surface area contributed by atoms with Crippen molar-refractivity contribution in [2.75, 3.05) is 10.6 Å². The third-order valence-corrected chi connectivity index (χ3v) is 3.48. The fourth-order valence-corrected chi connectivity index (χ4v) is 2.47. The van der Waals surface area contributed by atoms with Crippen molar-refractivity contribution in [3.63, 3.8) is 0 Å². The number of anilines is 2. The number of amides is 1. The zero-order valence-corrected chi connectivity index (χ0v) is 14.6. The Hall–Kier alpha value is -3.15. The van der Waals surface area contributed by atoms with Crippen molar-refractivity contribution in [3.05, 3.63) is 55.4 Å². The number of hydrogen-bond donors (Lipinski definition) is 2. The molecule has 1 aromatic carbocycles. The SMILES string of the molecule is C=CC(=O)Nc1ccc2ncn(-c3cccc(NC(C)(C)C)n3)c2c1. The smallest absolute Gasteiger partial charge is 0.247 e. The van der Waals surface area contributed by atoms with E-state index in [0.717, 1.165) is 22.7 Å². The van der Waals surface area contributed by atoms with Gasteiger partial charge in [0.05, 0.1) is 11.0 Å². The minimum absolute atomic E-state index is 0.0786. The van der Waals surface area contributed by atoms with Crippen molar-refractivity contribution in [2.45, 2.75) is 26.3 Å². The maximum Gasteiger partial charge on any atom is 0.247 e. The summed E-state index contributed by atoms with van der Waals surface area (Å²) in [5.41, 5.74) is 2.29. The summed E-state index contributed by atoms with van der Waals surface area (Å²) in [6, 6.07) is 11.3. The van der Waals surface area contributed by atoms with E-state index in [9.17, 15) is 4.79 Å². The lowest BCUT2D eigenvalue weighted by atomic mass is 10.1. The van der Waals surface area contributed by atoms with E-state index in [1.807, 2.05) is 41.0 Å². The van der Waals surface area contributed by atoms with Gasteiger partial charge >= 0.3 is 0 Å². The van der Waals surface area contributed by atoms with Crippen LogP contribution < -0.4 is 10.6 Å². The molecule has 0 aliphatic carbocycles. The minimum atomic E-state index is -0.250. The molecule has 2 N–H and O–H groups in total. The van der Waals surface area contributed by atoms with Gasteiger partial charge in [0.2, 0.25) is 5.91 Å². The maximum absolute atomic E-state index is 11.5. The number of hydrogen-bond acceptors (Lipinski definition) is 4. The van der Waals surface area contributed by atoms with Crippen molar-refractivity contribution in [1.29, 1.82) is 0 Å². The number of carbonyl (C=O) groups is 1. The molecular formula is C19H21N5O. The van der Waals surface area contributed by atoms with Crippen LogP contribution in [-0.4, -0.2) is 26.0 Å². The normalized spacial score (nSPS) is 11.3. The van der Waals surface area contributed by atoms with E-state index in [1.165, 1.54) is 6.08 Å². The summed E-state index contributed by atoms with van der Waals surface area (Å²) >= 11 is 0. The molecule has 0 aliphatic rings. The summed E-state index contributed by atoms with van der Waals surface area (Å²) in [4.78, 5) is 20.6. The quantitative estimate of drug-likeness (QED) is 0.712. The van der Waals surface area contributed by atoms with Crippen molar-refractivity contribution >= 4 is 28.4 Å². The van der Waals surface area contributed by atoms with Crippen LogP contribution in [0.15, 0.2) is 55.4 Å². The standard InChI is InChI=1S/C19H21N5O/c1-5-18(25)21-13-9-10-14-15(11-13)24(12-20-14)17-8-6-7-16(22-17)23-19(2,3)4/h5-12H,1H2,2-4H3,(H,21,25)(H,22,23). The van der Waals surface area contributed by atoms with Crippen molar-refractivity contribution in [3.8, 4) is 5.82 Å². The van der Waals surface area contributed by atoms with Gasteiger partial charge < -0.3 is 10.6 Å². The third-order valence-electron chi connectivity index (χ3n) is 3.48. The maximum atomic E-state index is 11.5. The Labute approximate surface area is 146 Å². The lowest BCUT2D eigenvalue weighted by Crippen LogP contribution is -2.26. The molecule has 6 nitrogen and oxygen atoms in total. The molecule has 0 atom stereocenters. The molecule has 2 heterocycles. The van der Waals surface area contributed by atoms with Crippen LogP contribution in [0, 0.1) is 0 Å². The van der Waals surface area contributed by atoms with E-state index in [-0.39, 0.29) is 11.4 Å². The van der Waals surface area contributed by atoms with Crippen LogP contribution in [0.2, 0.25) is 0 Å². The molecule has 0 bridgehead atoms. The average Bonchev–Trinajstić information content (AvgIpc) is 2.96. The number of imidazole rings is 1. The van der Waals surface area contributed by atoms with E-state index in [2.05, 4.69) is 48.0 Å². The fraction of sp³-hybridized carbons (Fsp3) is 0.211. The Balaban J connectivity index is 2.01. The molecule has 3 aromatic rings. The number of benzene rings is 1. The summed E-state index contributed by atoms with van der Waals surface area (Å²) in [5.74, 6) is 1.30. The summed E-state index contributed by atoms with van der Waals surface area (Å²) in [5, 5.41) is 6.13. The van der Waals surface area contributed by atoms with Crippen LogP contribution >= 0.6 is 0 Å². The summed E-state index contributed by atoms with van der Waals surface area (Å²) in [7, 11) is 0. The molecule has 3 rings (SSSR count). The van der Waals surface area contributed by atoms with Crippen LogP contribution in [0.3, 0.4) is 0 Å². The van der Waals surface area contributed by atoms with Gasteiger partial charge in [0.15, 0.2) is 0 Å². The van der Waals surface area contributed by atoms with Crippen molar-refractivity contribution in [2.24, 2.45) is 0 Å². The van der Waals surface area contributed by atoms with Gasteiger partial charge in [0.1, 0.15) is 18.0 Å². The average molecular weight is 335 g/mol. The van der Waals surface area contributed by atoms with E-state index < -0.39 is 0 Å². The Morgan fingerprint density at radius 1 is 1.24 bits per heavy atom. The molecule has 128 valence electrons. The highest BCUT2D eigenvalue weighted by Gasteiger charge is 2.12. The number of nitrogens with zero attached hydrogens (tertiary/aromatic N) is 3. The monoisotopic (exact) mass is 335 g/mol. The van der Waals surface area contributed by atoms with Crippen LogP contribution in [0.5, 0.6) is 0 Å². The van der Waals surface area contributed by atoms with Gasteiger partial charge in [-0.15, -0.1) is 0 Å². The van der Waals surface area contributed by atoms with Gasteiger partial charge in [-0.2, -0.15) is 0 Å². The van der Waals surface area contributed by atoms with Crippen molar-refractivity contribution in [1.82, 2.24) is 14.5 Å². The molecule has 1 amide bonds. The number of nitrogens with one attached hydrogen (secondary N) is 2. The molecule has 2 aromatic heterocycles. The third kappa shape index (κ3) is 3.85. The first-order valence-corrected chi connectivity index (χ1v) is 8.02. The molecular weight excluding hydrogens is 314 g/mol.